The third-order valence-corrected chi connectivity index (χ3v) is 6.38. The lowest BCUT2D eigenvalue weighted by Gasteiger charge is -2.25. The van der Waals surface area contributed by atoms with Gasteiger partial charge in [0, 0.05) is 11.1 Å². The van der Waals surface area contributed by atoms with Crippen molar-refractivity contribution in [2.24, 2.45) is 0 Å². The highest BCUT2D eigenvalue weighted by Gasteiger charge is 2.50. The number of hydrogen-bond donors (Lipinski definition) is 0. The van der Waals surface area contributed by atoms with Crippen LogP contribution in [0.2, 0.25) is 0 Å². The molecule has 0 saturated carbocycles. The topological polar surface area (TPSA) is 124 Å². The van der Waals surface area contributed by atoms with Gasteiger partial charge < -0.3 is 18.9 Å². The van der Waals surface area contributed by atoms with Crippen molar-refractivity contribution in [2.45, 2.75) is 37.0 Å². The van der Waals surface area contributed by atoms with Crippen LogP contribution in [-0.4, -0.2) is 67.0 Å². The average Bonchev–Trinajstić information content (AvgIpc) is 3.41. The van der Waals surface area contributed by atoms with E-state index in [0.717, 1.165) is 23.6 Å². The lowest BCUT2D eigenvalue weighted by atomic mass is 10.0. The highest BCUT2D eigenvalue weighted by Crippen LogP contribution is 2.41. The minimum Gasteiger partial charge on any atom is -0.340 e. The first kappa shape index (κ1) is 25.2. The van der Waals surface area contributed by atoms with Crippen LogP contribution in [0.15, 0.2) is 60.7 Å². The van der Waals surface area contributed by atoms with E-state index >= 15 is 0 Å². The highest BCUT2D eigenvalue weighted by atomic mass is 32.2. The summed E-state index contributed by atoms with van der Waals surface area (Å²) in [6.07, 6.45) is -3.10. The van der Waals surface area contributed by atoms with E-state index in [2.05, 4.69) is 0 Å². The third kappa shape index (κ3) is 6.61. The summed E-state index contributed by atoms with van der Waals surface area (Å²) in [4.78, 5) is 0. The zero-order chi connectivity index (χ0) is 24.3. The fourth-order valence-electron chi connectivity index (χ4n) is 3.76. The van der Waals surface area contributed by atoms with Crippen LogP contribution in [0.5, 0.6) is 0 Å². The van der Waals surface area contributed by atoms with Crippen molar-refractivity contribution in [3.8, 4) is 0 Å². The first-order valence-electron chi connectivity index (χ1n) is 10.5. The molecule has 0 radical (unpaired) electrons. The van der Waals surface area contributed by atoms with Crippen molar-refractivity contribution < 1.29 is 44.1 Å². The summed E-state index contributed by atoms with van der Waals surface area (Å²) in [5, 5.41) is 0. The predicted molar refractivity (Wildman–Crippen MR) is 119 cm³/mol. The molecule has 2 aliphatic rings. The molecule has 0 unspecified atom stereocenters. The van der Waals surface area contributed by atoms with E-state index in [1.165, 1.54) is 0 Å². The van der Waals surface area contributed by atoms with Crippen LogP contribution in [0.25, 0.3) is 0 Å². The molecule has 4 rings (SSSR count). The lowest BCUT2D eigenvalue weighted by Crippen LogP contribution is -2.45. The van der Waals surface area contributed by atoms with Gasteiger partial charge in [-0.2, -0.15) is 16.8 Å². The van der Waals surface area contributed by atoms with Crippen LogP contribution in [-0.2, 0) is 47.5 Å². The van der Waals surface area contributed by atoms with Gasteiger partial charge >= 0.3 is 0 Å². The summed E-state index contributed by atoms with van der Waals surface area (Å²) in [7, 11) is -7.50. The van der Waals surface area contributed by atoms with Crippen molar-refractivity contribution in [1.82, 2.24) is 0 Å². The van der Waals surface area contributed by atoms with Gasteiger partial charge in [0.05, 0.1) is 25.7 Å². The Kier molecular flexibility index (Phi) is 7.69. The Morgan fingerprint density at radius 2 is 0.971 bits per heavy atom. The molecule has 186 valence electrons. The summed E-state index contributed by atoms with van der Waals surface area (Å²) >= 11 is 0. The molecular weight excluding hydrogens is 488 g/mol. The normalized spacial score (nSPS) is 29.9. The number of ether oxygens (including phenoxy) is 4. The number of hydrogen-bond acceptors (Lipinski definition) is 10. The van der Waals surface area contributed by atoms with Gasteiger partial charge in [0.2, 0.25) is 0 Å². The Morgan fingerprint density at radius 1 is 0.618 bits per heavy atom. The molecule has 2 saturated heterocycles. The molecule has 2 aromatic carbocycles. The molecule has 2 fully saturated rings. The van der Waals surface area contributed by atoms with Gasteiger partial charge in [-0.3, -0.25) is 8.37 Å². The maximum absolute atomic E-state index is 11.6. The van der Waals surface area contributed by atoms with Gasteiger partial charge in [0.1, 0.15) is 24.4 Å². The van der Waals surface area contributed by atoms with E-state index in [4.69, 9.17) is 27.3 Å². The molecule has 0 bridgehead atoms. The molecule has 0 aromatic heterocycles. The summed E-state index contributed by atoms with van der Waals surface area (Å²) in [6, 6.07) is 18.2. The Bertz CT molecular complexity index is 1060. The Morgan fingerprint density at radius 3 is 1.29 bits per heavy atom. The second-order valence-electron chi connectivity index (χ2n) is 8.01. The van der Waals surface area contributed by atoms with Crippen LogP contribution in [0.1, 0.15) is 23.7 Å². The second kappa shape index (κ2) is 10.4. The summed E-state index contributed by atoms with van der Waals surface area (Å²) in [5.74, 6) is 0. The predicted octanol–water partition coefficient (Wildman–Crippen LogP) is 1.90. The molecule has 34 heavy (non-hydrogen) atoms. The number of rotatable bonds is 9. The minimum atomic E-state index is -3.75. The van der Waals surface area contributed by atoms with Crippen molar-refractivity contribution in [3.63, 3.8) is 0 Å². The zero-order valence-electron chi connectivity index (χ0n) is 18.6. The molecule has 0 amide bonds. The SMILES string of the molecule is CS(=O)(=O)OC[C@@H]1O[C@H](c2ccccc2)O[C@@H]1[C@@H]1O[C@H](c2ccccc2)O[C@H]1COS(C)(=O)=O. The van der Waals surface area contributed by atoms with Crippen molar-refractivity contribution >= 4 is 20.2 Å². The van der Waals surface area contributed by atoms with Crippen LogP contribution >= 0.6 is 0 Å². The molecule has 2 aromatic rings. The Hall–Kier alpha value is -1.90. The van der Waals surface area contributed by atoms with Crippen molar-refractivity contribution in [2.75, 3.05) is 25.7 Å². The van der Waals surface area contributed by atoms with Crippen LogP contribution in [0.3, 0.4) is 0 Å². The quantitative estimate of drug-likeness (QED) is 0.458. The minimum absolute atomic E-state index is 0.317. The van der Waals surface area contributed by atoms with Gasteiger partial charge in [0.25, 0.3) is 20.2 Å². The van der Waals surface area contributed by atoms with Gasteiger partial charge in [-0.1, -0.05) is 60.7 Å². The summed E-state index contributed by atoms with van der Waals surface area (Å²) in [5.41, 5.74) is 1.44. The van der Waals surface area contributed by atoms with Crippen molar-refractivity contribution in [3.05, 3.63) is 71.8 Å². The molecule has 0 spiro atoms. The van der Waals surface area contributed by atoms with Crippen LogP contribution < -0.4 is 0 Å². The number of benzene rings is 2. The molecule has 2 heterocycles. The van der Waals surface area contributed by atoms with Gasteiger partial charge in [-0.25, -0.2) is 0 Å². The van der Waals surface area contributed by atoms with Gasteiger partial charge in [-0.15, -0.1) is 0 Å². The summed E-state index contributed by atoms with van der Waals surface area (Å²) < 4.78 is 80.8. The lowest BCUT2D eigenvalue weighted by molar-refractivity contribution is -0.107. The average molecular weight is 515 g/mol. The van der Waals surface area contributed by atoms with E-state index < -0.39 is 57.2 Å². The van der Waals surface area contributed by atoms with Gasteiger partial charge in [0.15, 0.2) is 12.6 Å². The van der Waals surface area contributed by atoms with E-state index in [1.54, 1.807) is 0 Å². The molecule has 2 aliphatic heterocycles. The Balaban J connectivity index is 1.60. The van der Waals surface area contributed by atoms with Crippen molar-refractivity contribution in [1.29, 1.82) is 0 Å². The summed E-state index contributed by atoms with van der Waals surface area (Å²) in [6.45, 7) is -0.634. The molecule has 0 N–H and O–H groups in total. The van der Waals surface area contributed by atoms with Crippen LogP contribution in [0.4, 0.5) is 0 Å². The Labute approximate surface area is 198 Å². The first-order valence-corrected chi connectivity index (χ1v) is 14.1. The fourth-order valence-corrected chi connectivity index (χ4v) is 4.52. The maximum atomic E-state index is 11.6. The maximum Gasteiger partial charge on any atom is 0.264 e. The fraction of sp³-hybridized carbons (Fsp3) is 0.455. The molecule has 10 nitrogen and oxygen atoms in total. The van der Waals surface area contributed by atoms with Gasteiger partial charge in [-0.05, 0) is 0 Å². The first-order chi connectivity index (χ1) is 16.1. The van der Waals surface area contributed by atoms with Crippen LogP contribution in [0, 0.1) is 0 Å². The second-order valence-corrected chi connectivity index (χ2v) is 11.3. The van der Waals surface area contributed by atoms with E-state index in [0.29, 0.717) is 0 Å². The molecule has 0 aliphatic carbocycles. The smallest absolute Gasteiger partial charge is 0.264 e. The third-order valence-electron chi connectivity index (χ3n) is 5.25. The van der Waals surface area contributed by atoms with E-state index in [1.807, 2.05) is 60.7 Å². The molecule has 12 heteroatoms. The van der Waals surface area contributed by atoms with E-state index in [9.17, 15) is 16.8 Å². The highest BCUT2D eigenvalue weighted by molar-refractivity contribution is 7.86. The standard InChI is InChI=1S/C22H26O10S2/c1-33(23,24)27-13-17-19(31-21(29-17)15-9-5-3-6-10-15)20-18(14-28-34(2,25)26)30-22(32-20)16-11-7-4-8-12-16/h3-12,17-22H,13-14H2,1-2H3/t17-,18-,19-,20+,21-,22+/m0/s1. The molecular formula is C22H26O10S2. The molecule has 6 atom stereocenters. The monoisotopic (exact) mass is 514 g/mol. The zero-order valence-corrected chi connectivity index (χ0v) is 20.2. The van der Waals surface area contributed by atoms with E-state index in [-0.39, 0.29) is 13.2 Å². The largest absolute Gasteiger partial charge is 0.340 e.